The Kier molecular flexibility index (Phi) is 14.1. The van der Waals surface area contributed by atoms with Crippen LogP contribution in [-0.4, -0.2) is 74.6 Å². The Hall–Kier alpha value is -5.45. The fourth-order valence-electron chi connectivity index (χ4n) is 5.18. The molecule has 0 spiro atoms. The molecule has 0 aromatic heterocycles. The van der Waals surface area contributed by atoms with Gasteiger partial charge >= 0.3 is 18.2 Å². The quantitative estimate of drug-likeness (QED) is 0.0841. The summed E-state index contributed by atoms with van der Waals surface area (Å²) in [5.41, 5.74) is 0.0469. The average Bonchev–Trinajstić information content (AvgIpc) is 3.11. The summed E-state index contributed by atoms with van der Waals surface area (Å²) in [6, 6.07) is 16.5. The summed E-state index contributed by atoms with van der Waals surface area (Å²) >= 11 is 0. The molecule has 0 unspecified atom stereocenters. The van der Waals surface area contributed by atoms with Crippen LogP contribution in [0.5, 0.6) is 0 Å². The number of hydrogen-bond acceptors (Lipinski definition) is 9. The molecule has 3 rings (SSSR count). The molecule has 0 aliphatic rings. The molecular formula is C34H37F3N4O9S. The zero-order chi connectivity index (χ0) is 37.8. The van der Waals surface area contributed by atoms with Crippen LogP contribution < -0.4 is 10.6 Å². The van der Waals surface area contributed by atoms with E-state index in [1.807, 2.05) is 5.32 Å². The third-order valence-electron chi connectivity index (χ3n) is 7.62. The molecule has 0 radical (unpaired) electrons. The van der Waals surface area contributed by atoms with E-state index in [-0.39, 0.29) is 18.7 Å². The van der Waals surface area contributed by atoms with E-state index < -0.39 is 80.5 Å². The second-order valence-electron chi connectivity index (χ2n) is 11.0. The van der Waals surface area contributed by atoms with Crippen molar-refractivity contribution in [3.05, 3.63) is 118 Å². The predicted octanol–water partition coefficient (Wildman–Crippen LogP) is 5.44. The smallest absolute Gasteiger partial charge is 0.408 e. The SMILES string of the molecule is CCCN(C(=CCC[C@@H](NC(=O)[C@@H](NC(=O)OC)C(c1ccccc1)c1ccccc1)C(F)(F)F)C(=O)OC)S(=O)(=O)c1ccc([N+](=O)[O-])cc1. The van der Waals surface area contributed by atoms with E-state index in [2.05, 4.69) is 10.1 Å². The zero-order valence-electron chi connectivity index (χ0n) is 27.8. The fourth-order valence-corrected chi connectivity index (χ4v) is 6.75. The number of ether oxygens (including phenoxy) is 2. The minimum absolute atomic E-state index is 0.167. The highest BCUT2D eigenvalue weighted by atomic mass is 32.2. The van der Waals surface area contributed by atoms with Gasteiger partial charge < -0.3 is 20.1 Å². The molecule has 51 heavy (non-hydrogen) atoms. The molecule has 0 fully saturated rings. The first kappa shape index (κ1) is 40.0. The molecule has 0 aliphatic carbocycles. The second kappa shape index (κ2) is 18.0. The van der Waals surface area contributed by atoms with Crippen LogP contribution >= 0.6 is 0 Å². The number of nitrogens with one attached hydrogen (secondary N) is 2. The number of esters is 1. The van der Waals surface area contributed by atoms with Crippen molar-refractivity contribution in [3.8, 4) is 0 Å². The van der Waals surface area contributed by atoms with Crippen LogP contribution in [0.4, 0.5) is 23.7 Å². The molecule has 2 atom stereocenters. The van der Waals surface area contributed by atoms with Gasteiger partial charge in [-0.05, 0) is 42.5 Å². The Morgan fingerprint density at radius 2 is 1.45 bits per heavy atom. The summed E-state index contributed by atoms with van der Waals surface area (Å²) in [7, 11) is -2.55. The molecule has 0 heterocycles. The van der Waals surface area contributed by atoms with E-state index >= 15 is 0 Å². The molecule has 0 saturated carbocycles. The van der Waals surface area contributed by atoms with Crippen LogP contribution in [0.1, 0.15) is 43.2 Å². The maximum Gasteiger partial charge on any atom is 0.408 e. The molecule has 17 heteroatoms. The van der Waals surface area contributed by atoms with Gasteiger partial charge in [0.2, 0.25) is 5.91 Å². The van der Waals surface area contributed by atoms with Gasteiger partial charge in [0.25, 0.3) is 15.7 Å². The summed E-state index contributed by atoms with van der Waals surface area (Å²) in [6.07, 6.45) is -6.38. The summed E-state index contributed by atoms with van der Waals surface area (Å²) < 4.78 is 80.6. The monoisotopic (exact) mass is 734 g/mol. The number of carbonyl (C=O) groups excluding carboxylic acids is 3. The van der Waals surface area contributed by atoms with E-state index in [0.29, 0.717) is 15.4 Å². The number of alkyl carbamates (subject to hydrolysis) is 1. The number of sulfonamides is 1. The summed E-state index contributed by atoms with van der Waals surface area (Å²) in [5, 5.41) is 15.4. The molecule has 3 aromatic rings. The molecule has 0 bridgehead atoms. The van der Waals surface area contributed by atoms with Crippen LogP contribution in [0, 0.1) is 10.1 Å². The first-order valence-corrected chi connectivity index (χ1v) is 17.0. The van der Waals surface area contributed by atoms with E-state index in [4.69, 9.17) is 4.74 Å². The number of benzene rings is 3. The average molecular weight is 735 g/mol. The minimum Gasteiger partial charge on any atom is -0.464 e. The minimum atomic E-state index is -5.02. The van der Waals surface area contributed by atoms with E-state index in [1.54, 1.807) is 67.6 Å². The van der Waals surface area contributed by atoms with Crippen molar-refractivity contribution in [2.75, 3.05) is 20.8 Å². The molecule has 2 amide bonds. The number of nitro benzene ring substituents is 1. The van der Waals surface area contributed by atoms with Gasteiger partial charge in [0.15, 0.2) is 0 Å². The third-order valence-corrected chi connectivity index (χ3v) is 9.45. The van der Waals surface area contributed by atoms with Crippen molar-refractivity contribution in [3.63, 3.8) is 0 Å². The molecule has 2 N–H and O–H groups in total. The number of amides is 2. The standard InChI is InChI=1S/C34H37F3N4O9S/c1-4-22-40(51(47,48)26-20-18-25(19-21-26)41(45)46)27(32(43)49-2)16-11-17-28(34(35,36)37)38-31(42)30(39-33(44)50-3)29(23-12-7-5-8-13-23)24-14-9-6-10-15-24/h5-10,12-16,18-21,28-30H,4,11,17,22H2,1-3H3,(H,38,42)(H,39,44)/t28-,30+/m1/s1. The molecule has 0 saturated heterocycles. The summed E-state index contributed by atoms with van der Waals surface area (Å²) in [5.74, 6) is -3.30. The van der Waals surface area contributed by atoms with Crippen LogP contribution in [0.2, 0.25) is 0 Å². The van der Waals surface area contributed by atoms with E-state index in [1.165, 1.54) is 0 Å². The molecular weight excluding hydrogens is 697 g/mol. The van der Waals surface area contributed by atoms with Crippen molar-refractivity contribution < 1.29 is 50.4 Å². The normalized spacial score (nSPS) is 13.1. The molecule has 3 aromatic carbocycles. The van der Waals surface area contributed by atoms with E-state index in [9.17, 15) is 46.1 Å². The van der Waals surface area contributed by atoms with Crippen LogP contribution in [-0.2, 0) is 29.1 Å². The van der Waals surface area contributed by atoms with Crippen LogP contribution in [0.25, 0.3) is 0 Å². The number of alkyl halides is 3. The lowest BCUT2D eigenvalue weighted by atomic mass is 9.84. The van der Waals surface area contributed by atoms with Crippen molar-refractivity contribution in [2.24, 2.45) is 0 Å². The zero-order valence-corrected chi connectivity index (χ0v) is 28.6. The predicted molar refractivity (Wildman–Crippen MR) is 179 cm³/mol. The second-order valence-corrected chi connectivity index (χ2v) is 12.9. The highest BCUT2D eigenvalue weighted by Crippen LogP contribution is 2.31. The highest BCUT2D eigenvalue weighted by Gasteiger charge is 2.43. The van der Waals surface area contributed by atoms with Crippen molar-refractivity contribution in [1.82, 2.24) is 14.9 Å². The number of nitrogens with zero attached hydrogens (tertiary/aromatic N) is 2. The number of non-ortho nitro benzene ring substituents is 1. The van der Waals surface area contributed by atoms with Gasteiger partial charge in [0.1, 0.15) is 17.8 Å². The number of hydrogen-bond donors (Lipinski definition) is 2. The van der Waals surface area contributed by atoms with Crippen molar-refractivity contribution in [2.45, 2.75) is 55.3 Å². The Morgan fingerprint density at radius 1 is 0.902 bits per heavy atom. The molecule has 274 valence electrons. The Labute approximate surface area is 292 Å². The van der Waals surface area contributed by atoms with Gasteiger partial charge in [0, 0.05) is 24.6 Å². The van der Waals surface area contributed by atoms with Gasteiger partial charge in [0.05, 0.1) is 24.0 Å². The Bertz CT molecular complexity index is 1750. The number of rotatable bonds is 16. The first-order valence-electron chi connectivity index (χ1n) is 15.5. The van der Waals surface area contributed by atoms with Crippen LogP contribution in [0.15, 0.2) is 102 Å². The molecule has 0 aliphatic heterocycles. The Balaban J connectivity index is 1.98. The van der Waals surface area contributed by atoms with Gasteiger partial charge in [-0.25, -0.2) is 18.0 Å². The summed E-state index contributed by atoms with van der Waals surface area (Å²) in [6.45, 7) is 1.31. The number of allylic oxidation sites excluding steroid dienone is 1. The maximum atomic E-state index is 14.5. The first-order chi connectivity index (χ1) is 24.1. The number of halogens is 3. The van der Waals surface area contributed by atoms with Gasteiger partial charge in [-0.3, -0.25) is 19.2 Å². The van der Waals surface area contributed by atoms with Crippen molar-refractivity contribution in [1.29, 1.82) is 0 Å². The fraction of sp³-hybridized carbons (Fsp3) is 0.324. The Morgan fingerprint density at radius 3 is 1.90 bits per heavy atom. The lowest BCUT2D eigenvalue weighted by Crippen LogP contribution is -2.55. The lowest BCUT2D eigenvalue weighted by Gasteiger charge is -2.30. The van der Waals surface area contributed by atoms with Crippen molar-refractivity contribution >= 4 is 33.7 Å². The van der Waals surface area contributed by atoms with Gasteiger partial charge in [-0.15, -0.1) is 0 Å². The largest absolute Gasteiger partial charge is 0.464 e. The number of carbonyl (C=O) groups is 3. The lowest BCUT2D eigenvalue weighted by molar-refractivity contribution is -0.384. The summed E-state index contributed by atoms with van der Waals surface area (Å²) in [4.78, 5) is 48.9. The maximum absolute atomic E-state index is 14.5. The number of methoxy groups -OCH3 is 2. The third kappa shape index (κ3) is 10.5. The van der Waals surface area contributed by atoms with Gasteiger partial charge in [-0.2, -0.15) is 13.2 Å². The van der Waals surface area contributed by atoms with E-state index in [0.717, 1.165) is 44.6 Å². The highest BCUT2D eigenvalue weighted by molar-refractivity contribution is 7.89. The molecule has 13 nitrogen and oxygen atoms in total. The number of nitro groups is 1. The topological polar surface area (TPSA) is 174 Å². The van der Waals surface area contributed by atoms with Gasteiger partial charge in [-0.1, -0.05) is 73.7 Å². The van der Waals surface area contributed by atoms with Crippen LogP contribution in [0.3, 0.4) is 0 Å².